The molecule has 0 saturated carbocycles. The Balaban J connectivity index is 2.03. The second-order valence-corrected chi connectivity index (χ2v) is 8.91. The van der Waals surface area contributed by atoms with Crippen molar-refractivity contribution >= 4 is 51.7 Å². The summed E-state index contributed by atoms with van der Waals surface area (Å²) < 4.78 is 7.38. The normalized spacial score (nSPS) is 15.8. The van der Waals surface area contributed by atoms with Gasteiger partial charge in [0.25, 0.3) is 11.5 Å². The van der Waals surface area contributed by atoms with E-state index in [0.29, 0.717) is 46.0 Å². The van der Waals surface area contributed by atoms with Gasteiger partial charge in [0.15, 0.2) is 0 Å². The molecule has 1 aliphatic rings. The van der Waals surface area contributed by atoms with Gasteiger partial charge in [0.05, 0.1) is 10.5 Å². The molecule has 1 amide bonds. The number of anilines is 1. The molecule has 30 heavy (non-hydrogen) atoms. The maximum absolute atomic E-state index is 13.3. The summed E-state index contributed by atoms with van der Waals surface area (Å²) in [5, 5.41) is 3.24. The largest absolute Gasteiger partial charge is 0.382 e. The number of amides is 1. The van der Waals surface area contributed by atoms with Crippen LogP contribution in [-0.4, -0.2) is 50.3 Å². The topological polar surface area (TPSA) is 75.9 Å². The smallest absolute Gasteiger partial charge is 0.267 e. The molecule has 1 aliphatic heterocycles. The van der Waals surface area contributed by atoms with Gasteiger partial charge in [0.1, 0.15) is 15.8 Å². The van der Waals surface area contributed by atoms with Gasteiger partial charge in [-0.15, -0.1) is 0 Å². The molecular formula is C21H26N4O3S2. The molecule has 2 aromatic heterocycles. The number of carbonyl (C=O) groups excluding carboxylic acids is 1. The first-order valence-corrected chi connectivity index (χ1v) is 11.2. The number of ether oxygens (including phenoxy) is 1. The highest BCUT2D eigenvalue weighted by Gasteiger charge is 2.34. The summed E-state index contributed by atoms with van der Waals surface area (Å²) in [4.78, 5) is 32.7. The number of aryl methyl sites for hydroxylation is 1. The molecule has 0 radical (unpaired) electrons. The van der Waals surface area contributed by atoms with E-state index < -0.39 is 0 Å². The van der Waals surface area contributed by atoms with E-state index in [9.17, 15) is 9.59 Å². The van der Waals surface area contributed by atoms with Crippen LogP contribution in [0.4, 0.5) is 5.82 Å². The fraction of sp³-hybridized carbons (Fsp3) is 0.429. The Bertz CT molecular complexity index is 1060. The third-order valence-electron chi connectivity index (χ3n) is 4.58. The van der Waals surface area contributed by atoms with E-state index in [1.54, 1.807) is 17.2 Å². The molecule has 1 fully saturated rings. The number of thioether (sulfide) groups is 1. The number of nitrogens with one attached hydrogen (secondary N) is 1. The van der Waals surface area contributed by atoms with Crippen molar-refractivity contribution in [3.8, 4) is 0 Å². The van der Waals surface area contributed by atoms with Crippen LogP contribution in [0.25, 0.3) is 11.7 Å². The zero-order valence-electron chi connectivity index (χ0n) is 17.6. The third-order valence-corrected chi connectivity index (χ3v) is 5.91. The second-order valence-electron chi connectivity index (χ2n) is 7.24. The Kier molecular flexibility index (Phi) is 7.27. The summed E-state index contributed by atoms with van der Waals surface area (Å²) in [5.74, 6) is 0.270. The fourth-order valence-electron chi connectivity index (χ4n) is 3.11. The number of nitrogens with zero attached hydrogens (tertiary/aromatic N) is 3. The van der Waals surface area contributed by atoms with Crippen LogP contribution in [0.15, 0.2) is 28.0 Å². The van der Waals surface area contributed by atoms with Crippen LogP contribution in [0.3, 0.4) is 0 Å². The van der Waals surface area contributed by atoms with Crippen molar-refractivity contribution in [2.45, 2.75) is 40.2 Å². The summed E-state index contributed by atoms with van der Waals surface area (Å²) in [7, 11) is 0. The zero-order valence-corrected chi connectivity index (χ0v) is 19.2. The third kappa shape index (κ3) is 4.74. The minimum Gasteiger partial charge on any atom is -0.382 e. The highest BCUT2D eigenvalue weighted by atomic mass is 32.2. The van der Waals surface area contributed by atoms with E-state index in [2.05, 4.69) is 10.3 Å². The Morgan fingerprint density at radius 1 is 1.33 bits per heavy atom. The standard InChI is InChI=1S/C21H26N4O3S2/c1-5-28-10-6-9-22-18-15(11-16-20(27)25(13(2)3)21(29)30-16)19(26)24-12-14(4)7-8-17(24)23-18/h7-8,11-13,22H,5-6,9-10H2,1-4H3. The number of hydrogen-bond donors (Lipinski definition) is 1. The van der Waals surface area contributed by atoms with Crippen LogP contribution in [-0.2, 0) is 9.53 Å². The van der Waals surface area contributed by atoms with Crippen molar-refractivity contribution in [1.29, 1.82) is 0 Å². The predicted molar refractivity (Wildman–Crippen MR) is 126 cm³/mol. The molecule has 1 N–H and O–H groups in total. The van der Waals surface area contributed by atoms with E-state index in [-0.39, 0.29) is 17.5 Å². The number of fused-ring (bicyclic) bond motifs is 1. The average Bonchev–Trinajstić information content (AvgIpc) is 2.98. The zero-order chi connectivity index (χ0) is 21.8. The van der Waals surface area contributed by atoms with Gasteiger partial charge < -0.3 is 10.1 Å². The lowest BCUT2D eigenvalue weighted by Gasteiger charge is -2.18. The van der Waals surface area contributed by atoms with Gasteiger partial charge in [0.2, 0.25) is 0 Å². The van der Waals surface area contributed by atoms with Gasteiger partial charge >= 0.3 is 0 Å². The molecule has 1 saturated heterocycles. The van der Waals surface area contributed by atoms with Gasteiger partial charge in [0, 0.05) is 32.0 Å². The highest BCUT2D eigenvalue weighted by molar-refractivity contribution is 8.26. The van der Waals surface area contributed by atoms with Gasteiger partial charge in [-0.3, -0.25) is 18.9 Å². The highest BCUT2D eigenvalue weighted by Crippen LogP contribution is 2.34. The molecule has 0 spiro atoms. The number of aromatic nitrogens is 2. The van der Waals surface area contributed by atoms with Crippen molar-refractivity contribution in [1.82, 2.24) is 14.3 Å². The number of thiocarbonyl (C=S) groups is 1. The van der Waals surface area contributed by atoms with E-state index in [1.165, 1.54) is 16.2 Å². The summed E-state index contributed by atoms with van der Waals surface area (Å²) in [6, 6.07) is 3.68. The minimum atomic E-state index is -0.231. The summed E-state index contributed by atoms with van der Waals surface area (Å²) in [6.45, 7) is 9.58. The molecule has 7 nitrogen and oxygen atoms in total. The predicted octanol–water partition coefficient (Wildman–Crippen LogP) is 3.45. The number of pyridine rings is 1. The minimum absolute atomic E-state index is 0.0435. The first kappa shape index (κ1) is 22.5. The van der Waals surface area contributed by atoms with Crippen LogP contribution in [0, 0.1) is 6.92 Å². The number of rotatable bonds is 8. The Morgan fingerprint density at radius 2 is 2.10 bits per heavy atom. The first-order chi connectivity index (χ1) is 14.3. The molecule has 0 atom stereocenters. The number of hydrogen-bond acceptors (Lipinski definition) is 7. The summed E-state index contributed by atoms with van der Waals surface area (Å²) in [5.41, 5.74) is 1.61. The van der Waals surface area contributed by atoms with Gasteiger partial charge in [-0.05, 0) is 51.8 Å². The molecule has 3 heterocycles. The lowest BCUT2D eigenvalue weighted by atomic mass is 10.2. The van der Waals surface area contributed by atoms with Crippen molar-refractivity contribution in [3.05, 3.63) is 44.7 Å². The van der Waals surface area contributed by atoms with E-state index in [0.717, 1.165) is 12.0 Å². The molecule has 0 bridgehead atoms. The van der Waals surface area contributed by atoms with E-state index >= 15 is 0 Å². The van der Waals surface area contributed by atoms with E-state index in [4.69, 9.17) is 17.0 Å². The van der Waals surface area contributed by atoms with Crippen LogP contribution >= 0.6 is 24.0 Å². The van der Waals surface area contributed by atoms with Crippen LogP contribution in [0.2, 0.25) is 0 Å². The molecule has 9 heteroatoms. The molecule has 0 unspecified atom stereocenters. The maximum Gasteiger partial charge on any atom is 0.267 e. The van der Waals surface area contributed by atoms with Gasteiger partial charge in [-0.25, -0.2) is 4.98 Å². The SMILES string of the molecule is CCOCCCNc1nc2ccc(C)cn2c(=O)c1C=C1SC(=S)N(C(C)C)C1=O. The fourth-order valence-corrected chi connectivity index (χ4v) is 4.61. The summed E-state index contributed by atoms with van der Waals surface area (Å²) >= 11 is 6.57. The second kappa shape index (κ2) is 9.72. The van der Waals surface area contributed by atoms with E-state index in [1.807, 2.05) is 39.8 Å². The van der Waals surface area contributed by atoms with Crippen LogP contribution in [0.5, 0.6) is 0 Å². The molecule has 160 valence electrons. The average molecular weight is 447 g/mol. The lowest BCUT2D eigenvalue weighted by molar-refractivity contribution is -0.123. The van der Waals surface area contributed by atoms with Crippen molar-refractivity contribution in [2.75, 3.05) is 25.1 Å². The Hall–Kier alpha value is -2.23. The van der Waals surface area contributed by atoms with Gasteiger partial charge in [-0.1, -0.05) is 30.0 Å². The monoisotopic (exact) mass is 446 g/mol. The quantitative estimate of drug-likeness (QED) is 0.378. The first-order valence-electron chi connectivity index (χ1n) is 9.95. The van der Waals surface area contributed by atoms with Crippen LogP contribution in [0.1, 0.15) is 38.3 Å². The molecule has 0 aliphatic carbocycles. The van der Waals surface area contributed by atoms with Crippen molar-refractivity contribution in [2.24, 2.45) is 0 Å². The molecule has 0 aromatic carbocycles. The Labute approximate surface area is 185 Å². The van der Waals surface area contributed by atoms with Crippen molar-refractivity contribution in [3.63, 3.8) is 0 Å². The lowest BCUT2D eigenvalue weighted by Crippen LogP contribution is -2.34. The summed E-state index contributed by atoms with van der Waals surface area (Å²) in [6.07, 6.45) is 4.13. The number of carbonyl (C=O) groups is 1. The molecule has 3 rings (SSSR count). The Morgan fingerprint density at radius 3 is 2.77 bits per heavy atom. The van der Waals surface area contributed by atoms with Crippen LogP contribution < -0.4 is 10.9 Å². The maximum atomic E-state index is 13.3. The molecule has 2 aromatic rings. The van der Waals surface area contributed by atoms with Crippen molar-refractivity contribution < 1.29 is 9.53 Å². The molecular weight excluding hydrogens is 420 g/mol. The van der Waals surface area contributed by atoms with Gasteiger partial charge in [-0.2, -0.15) is 0 Å².